The summed E-state index contributed by atoms with van der Waals surface area (Å²) in [7, 11) is 0. The number of aryl methyl sites for hydroxylation is 1. The van der Waals surface area contributed by atoms with Crippen molar-refractivity contribution in [3.63, 3.8) is 0 Å². The van der Waals surface area contributed by atoms with Crippen LogP contribution in [0.5, 0.6) is 0 Å². The first kappa shape index (κ1) is 18.2. The summed E-state index contributed by atoms with van der Waals surface area (Å²) < 4.78 is 5.36. The monoisotopic (exact) mass is 323 g/mol. The molecule has 5 nitrogen and oxygen atoms in total. The average Bonchev–Trinajstić information content (AvgIpc) is 2.84. The predicted octanol–water partition coefficient (Wildman–Crippen LogP) is 3.38. The molecule has 3 N–H and O–H groups in total. The van der Waals surface area contributed by atoms with Crippen molar-refractivity contribution in [2.45, 2.75) is 33.7 Å². The Bertz CT molecular complexity index is 647. The third-order valence-corrected chi connectivity index (χ3v) is 3.21. The van der Waals surface area contributed by atoms with Crippen LogP contribution in [0.25, 0.3) is 11.5 Å². The number of amides is 1. The summed E-state index contributed by atoms with van der Waals surface area (Å²) in [6.07, 6.45) is 1.59. The number of nitrogens with two attached hydrogens (primary N) is 1. The second kappa shape index (κ2) is 6.94. The fourth-order valence-corrected chi connectivity index (χ4v) is 1.83. The van der Waals surface area contributed by atoms with E-state index in [9.17, 15) is 4.79 Å². The molecule has 0 aliphatic rings. The van der Waals surface area contributed by atoms with Gasteiger partial charge < -0.3 is 15.5 Å². The Hall–Kier alpha value is -1.85. The zero-order valence-corrected chi connectivity index (χ0v) is 14.0. The van der Waals surface area contributed by atoms with Gasteiger partial charge in [0, 0.05) is 11.3 Å². The van der Waals surface area contributed by atoms with E-state index in [0.29, 0.717) is 11.6 Å². The van der Waals surface area contributed by atoms with Gasteiger partial charge in [-0.3, -0.25) is 4.79 Å². The molecular weight excluding hydrogens is 302 g/mol. The minimum atomic E-state index is -0.579. The fourth-order valence-electron chi connectivity index (χ4n) is 1.83. The Labute approximate surface area is 136 Å². The van der Waals surface area contributed by atoms with Crippen LogP contribution in [0.1, 0.15) is 26.5 Å². The van der Waals surface area contributed by atoms with Crippen LogP contribution < -0.4 is 11.1 Å². The molecule has 0 aliphatic carbocycles. The van der Waals surface area contributed by atoms with E-state index < -0.39 is 6.04 Å². The minimum Gasteiger partial charge on any atom is -0.444 e. The predicted molar refractivity (Wildman–Crippen MR) is 90.0 cm³/mol. The Kier molecular flexibility index (Phi) is 5.74. The maximum atomic E-state index is 12.1. The molecular formula is C16H22ClN3O2. The summed E-state index contributed by atoms with van der Waals surface area (Å²) >= 11 is 0. The van der Waals surface area contributed by atoms with Gasteiger partial charge in [0.25, 0.3) is 0 Å². The van der Waals surface area contributed by atoms with E-state index in [1.807, 2.05) is 52.0 Å². The van der Waals surface area contributed by atoms with Crippen molar-refractivity contribution in [3.8, 4) is 11.5 Å². The Morgan fingerprint density at radius 3 is 2.59 bits per heavy atom. The average molecular weight is 324 g/mol. The number of rotatable bonds is 3. The molecule has 2 rings (SSSR count). The van der Waals surface area contributed by atoms with Crippen LogP contribution in [0.3, 0.4) is 0 Å². The van der Waals surface area contributed by atoms with E-state index in [1.54, 1.807) is 6.26 Å². The molecule has 1 aromatic heterocycles. The number of nitrogens with zero attached hydrogens (tertiary/aromatic N) is 1. The second-order valence-corrected chi connectivity index (χ2v) is 6.21. The maximum absolute atomic E-state index is 12.1. The molecule has 0 saturated carbocycles. The molecule has 0 aliphatic heterocycles. The Balaban J connectivity index is 0.00000242. The molecule has 0 spiro atoms. The van der Waals surface area contributed by atoms with E-state index >= 15 is 0 Å². The van der Waals surface area contributed by atoms with Crippen molar-refractivity contribution in [3.05, 3.63) is 36.2 Å². The standard InChI is InChI=1S/C16H21N3O2.ClH/c1-10-9-21-15(18-10)11-6-5-7-12(8-11)19-14(20)13(17)16(2,3)4;/h5-9,13H,17H2,1-4H3,(H,19,20);1H/t13-;/m1./s1. The van der Waals surface area contributed by atoms with Crippen LogP contribution in [0.4, 0.5) is 5.69 Å². The van der Waals surface area contributed by atoms with E-state index in [4.69, 9.17) is 10.2 Å². The van der Waals surface area contributed by atoms with Gasteiger partial charge in [-0.2, -0.15) is 0 Å². The van der Waals surface area contributed by atoms with Gasteiger partial charge >= 0.3 is 0 Å². The zero-order chi connectivity index (χ0) is 15.6. The van der Waals surface area contributed by atoms with Crippen molar-refractivity contribution in [1.82, 2.24) is 4.98 Å². The summed E-state index contributed by atoms with van der Waals surface area (Å²) in [5, 5.41) is 2.83. The molecule has 0 bridgehead atoms. The van der Waals surface area contributed by atoms with Crippen molar-refractivity contribution in [1.29, 1.82) is 0 Å². The number of oxazole rings is 1. The van der Waals surface area contributed by atoms with Crippen LogP contribution in [0.15, 0.2) is 34.9 Å². The quantitative estimate of drug-likeness (QED) is 0.907. The summed E-state index contributed by atoms with van der Waals surface area (Å²) in [6.45, 7) is 7.66. The summed E-state index contributed by atoms with van der Waals surface area (Å²) in [4.78, 5) is 16.4. The normalized spacial score (nSPS) is 12.4. The highest BCUT2D eigenvalue weighted by Gasteiger charge is 2.27. The first-order chi connectivity index (χ1) is 9.77. The lowest BCUT2D eigenvalue weighted by Crippen LogP contribution is -2.45. The van der Waals surface area contributed by atoms with E-state index in [2.05, 4.69) is 10.3 Å². The summed E-state index contributed by atoms with van der Waals surface area (Å²) in [5.74, 6) is 0.326. The minimum absolute atomic E-state index is 0. The molecule has 1 atom stereocenters. The fraction of sp³-hybridized carbons (Fsp3) is 0.375. The number of aromatic nitrogens is 1. The van der Waals surface area contributed by atoms with Gasteiger partial charge in [0.2, 0.25) is 11.8 Å². The Morgan fingerprint density at radius 2 is 2.05 bits per heavy atom. The van der Waals surface area contributed by atoms with Gasteiger partial charge in [0.05, 0.1) is 11.7 Å². The topological polar surface area (TPSA) is 81.2 Å². The molecule has 120 valence electrons. The maximum Gasteiger partial charge on any atom is 0.241 e. The van der Waals surface area contributed by atoms with Crippen molar-refractivity contribution in [2.24, 2.45) is 11.1 Å². The Morgan fingerprint density at radius 1 is 1.36 bits per heavy atom. The van der Waals surface area contributed by atoms with Gasteiger partial charge in [-0.15, -0.1) is 12.4 Å². The number of benzene rings is 1. The molecule has 22 heavy (non-hydrogen) atoms. The largest absolute Gasteiger partial charge is 0.444 e. The van der Waals surface area contributed by atoms with Gasteiger partial charge in [-0.05, 0) is 30.5 Å². The van der Waals surface area contributed by atoms with E-state index in [-0.39, 0.29) is 23.7 Å². The molecule has 0 saturated heterocycles. The van der Waals surface area contributed by atoms with Crippen molar-refractivity contribution < 1.29 is 9.21 Å². The molecule has 0 unspecified atom stereocenters. The van der Waals surface area contributed by atoms with Crippen LogP contribution in [-0.2, 0) is 4.79 Å². The van der Waals surface area contributed by atoms with Gasteiger partial charge in [0.15, 0.2) is 0 Å². The molecule has 6 heteroatoms. The highest BCUT2D eigenvalue weighted by atomic mass is 35.5. The lowest BCUT2D eigenvalue weighted by Gasteiger charge is -2.25. The zero-order valence-electron chi connectivity index (χ0n) is 13.2. The second-order valence-electron chi connectivity index (χ2n) is 6.21. The lowest BCUT2D eigenvalue weighted by molar-refractivity contribution is -0.119. The third kappa shape index (κ3) is 4.32. The first-order valence-electron chi connectivity index (χ1n) is 6.86. The summed E-state index contributed by atoms with van der Waals surface area (Å²) in [6, 6.07) is 6.77. The molecule has 1 heterocycles. The number of carbonyl (C=O) groups is 1. The lowest BCUT2D eigenvalue weighted by atomic mass is 9.87. The highest BCUT2D eigenvalue weighted by molar-refractivity contribution is 5.95. The number of anilines is 1. The number of hydrogen-bond donors (Lipinski definition) is 2. The van der Waals surface area contributed by atoms with E-state index in [0.717, 1.165) is 11.3 Å². The van der Waals surface area contributed by atoms with Gasteiger partial charge in [0.1, 0.15) is 6.26 Å². The summed E-state index contributed by atoms with van der Waals surface area (Å²) in [5.41, 5.74) is 7.96. The van der Waals surface area contributed by atoms with E-state index in [1.165, 1.54) is 0 Å². The smallest absolute Gasteiger partial charge is 0.241 e. The van der Waals surface area contributed by atoms with Gasteiger partial charge in [-0.1, -0.05) is 26.8 Å². The number of halogens is 1. The van der Waals surface area contributed by atoms with Crippen LogP contribution in [0, 0.1) is 12.3 Å². The number of carbonyl (C=O) groups excluding carboxylic acids is 1. The number of hydrogen-bond acceptors (Lipinski definition) is 4. The van der Waals surface area contributed by atoms with Crippen LogP contribution in [0.2, 0.25) is 0 Å². The molecule has 0 radical (unpaired) electrons. The molecule has 1 amide bonds. The third-order valence-electron chi connectivity index (χ3n) is 3.21. The van der Waals surface area contributed by atoms with Crippen LogP contribution in [-0.4, -0.2) is 16.9 Å². The SMILES string of the molecule is Cc1coc(-c2cccc(NC(=O)[C@@H](N)C(C)(C)C)c2)n1.Cl. The van der Waals surface area contributed by atoms with Gasteiger partial charge in [-0.25, -0.2) is 4.98 Å². The number of nitrogens with one attached hydrogen (secondary N) is 1. The molecule has 1 aromatic carbocycles. The molecule has 0 fully saturated rings. The van der Waals surface area contributed by atoms with Crippen LogP contribution >= 0.6 is 12.4 Å². The first-order valence-corrected chi connectivity index (χ1v) is 6.86. The highest BCUT2D eigenvalue weighted by Crippen LogP contribution is 2.23. The van der Waals surface area contributed by atoms with Crippen molar-refractivity contribution >= 4 is 24.0 Å². The van der Waals surface area contributed by atoms with Crippen molar-refractivity contribution in [2.75, 3.05) is 5.32 Å². The molecule has 2 aromatic rings.